The van der Waals surface area contributed by atoms with E-state index in [1.807, 2.05) is 60.1 Å². The number of pyridine rings is 1. The van der Waals surface area contributed by atoms with Crippen LogP contribution in [0.1, 0.15) is 41.4 Å². The molecule has 0 saturated heterocycles. The van der Waals surface area contributed by atoms with Crippen molar-refractivity contribution in [2.45, 2.75) is 45.8 Å². The van der Waals surface area contributed by atoms with Gasteiger partial charge in [-0.3, -0.25) is 14.3 Å². The molecule has 0 spiro atoms. The highest BCUT2D eigenvalue weighted by Crippen LogP contribution is 2.38. The number of aromatic nitrogens is 5. The van der Waals surface area contributed by atoms with Crippen LogP contribution in [0.25, 0.3) is 22.4 Å². The highest BCUT2D eigenvalue weighted by molar-refractivity contribution is 6.05. The van der Waals surface area contributed by atoms with Gasteiger partial charge in [-0.25, -0.2) is 18.7 Å². The predicted octanol–water partition coefficient (Wildman–Crippen LogP) is 6.00. The van der Waals surface area contributed by atoms with E-state index in [1.165, 1.54) is 23.0 Å². The lowest BCUT2D eigenvalue weighted by atomic mass is 10.1. The van der Waals surface area contributed by atoms with Gasteiger partial charge in [0.05, 0.1) is 24.6 Å². The first-order valence-electron chi connectivity index (χ1n) is 16.4. The van der Waals surface area contributed by atoms with E-state index in [0.717, 1.165) is 24.5 Å². The standard InChI is InChI=1S/C37H36FN7O5/c1-22-12-14-30(49-3)28(19-22)44-35-33(34(42-44)40-21-23(2)46)31(16-17-39-35)50-29-15-13-24(20-26(29)38)41-36(47)32-27-11-7-8-18-43(27)45(37(32)48)25-9-5-4-6-10-25/h4-6,9-10,12-17,19-20,23,46H,7-8,11,18,21H2,1-3H3,(H,40,42)(H,41,47)/t23-/m0/s1. The topological polar surface area (TPSA) is 137 Å². The fraction of sp³-hybridized carbons (Fsp3) is 0.243. The fourth-order valence-electron chi connectivity index (χ4n) is 6.26. The third-order valence-electron chi connectivity index (χ3n) is 8.58. The molecule has 13 heteroatoms. The number of halogens is 1. The zero-order valence-corrected chi connectivity index (χ0v) is 27.8. The lowest BCUT2D eigenvalue weighted by Gasteiger charge is -2.19. The summed E-state index contributed by atoms with van der Waals surface area (Å²) in [6.07, 6.45) is 3.19. The van der Waals surface area contributed by atoms with Gasteiger partial charge in [0.15, 0.2) is 23.0 Å². The number of nitrogens with one attached hydrogen (secondary N) is 2. The monoisotopic (exact) mass is 677 g/mol. The fourth-order valence-corrected chi connectivity index (χ4v) is 6.26. The third kappa shape index (κ3) is 6.07. The van der Waals surface area contributed by atoms with Crippen LogP contribution in [-0.2, 0) is 13.0 Å². The van der Waals surface area contributed by atoms with E-state index < -0.39 is 23.4 Å². The molecule has 12 nitrogen and oxygen atoms in total. The quantitative estimate of drug-likeness (QED) is 0.161. The first-order valence-corrected chi connectivity index (χ1v) is 16.4. The van der Waals surface area contributed by atoms with Crippen LogP contribution in [0.5, 0.6) is 17.2 Å². The second kappa shape index (κ2) is 13.5. The number of methoxy groups -OCH3 is 1. The average molecular weight is 678 g/mol. The number of rotatable bonds is 10. The number of ether oxygens (including phenoxy) is 2. The molecule has 0 fully saturated rings. The van der Waals surface area contributed by atoms with Crippen molar-refractivity contribution in [3.63, 3.8) is 0 Å². The number of carbonyl (C=O) groups is 1. The van der Waals surface area contributed by atoms with Gasteiger partial charge in [-0.1, -0.05) is 24.3 Å². The van der Waals surface area contributed by atoms with Crippen LogP contribution < -0.4 is 25.7 Å². The molecule has 50 heavy (non-hydrogen) atoms. The van der Waals surface area contributed by atoms with Crippen LogP contribution in [0.4, 0.5) is 15.9 Å². The number of hydrogen-bond acceptors (Lipinski definition) is 8. The molecular formula is C37H36FN7O5. The summed E-state index contributed by atoms with van der Waals surface area (Å²) in [5.74, 6) is -0.247. The molecule has 1 aliphatic heterocycles. The summed E-state index contributed by atoms with van der Waals surface area (Å²) < 4.78 is 32.4. The van der Waals surface area contributed by atoms with Crippen LogP contribution >= 0.6 is 0 Å². The molecule has 3 aromatic heterocycles. The predicted molar refractivity (Wildman–Crippen MR) is 188 cm³/mol. The van der Waals surface area contributed by atoms with Crippen LogP contribution in [0, 0.1) is 12.7 Å². The molecule has 0 saturated carbocycles. The molecule has 0 bridgehead atoms. The van der Waals surface area contributed by atoms with E-state index in [4.69, 9.17) is 14.6 Å². The van der Waals surface area contributed by atoms with Gasteiger partial charge in [0.2, 0.25) is 0 Å². The highest BCUT2D eigenvalue weighted by Gasteiger charge is 2.28. The van der Waals surface area contributed by atoms with E-state index in [0.29, 0.717) is 52.6 Å². The van der Waals surface area contributed by atoms with Crippen LogP contribution in [0.2, 0.25) is 0 Å². The zero-order chi connectivity index (χ0) is 34.9. The van der Waals surface area contributed by atoms with Crippen molar-refractivity contribution >= 4 is 28.4 Å². The molecule has 0 unspecified atom stereocenters. The number of benzene rings is 3. The second-order valence-electron chi connectivity index (χ2n) is 12.2. The van der Waals surface area contributed by atoms with Gasteiger partial charge in [0.25, 0.3) is 11.5 Å². The van der Waals surface area contributed by atoms with Crippen molar-refractivity contribution < 1.29 is 23.8 Å². The number of para-hydroxylation sites is 1. The summed E-state index contributed by atoms with van der Waals surface area (Å²) in [5, 5.41) is 21.1. The minimum Gasteiger partial charge on any atom is -0.494 e. The minimum atomic E-state index is -0.736. The van der Waals surface area contributed by atoms with Crippen molar-refractivity contribution in [1.82, 2.24) is 24.1 Å². The van der Waals surface area contributed by atoms with Gasteiger partial charge in [-0.15, -0.1) is 5.10 Å². The first-order chi connectivity index (χ1) is 24.2. The zero-order valence-electron chi connectivity index (χ0n) is 27.8. The Morgan fingerprint density at radius 3 is 2.60 bits per heavy atom. The van der Waals surface area contributed by atoms with E-state index in [9.17, 15) is 14.7 Å². The highest BCUT2D eigenvalue weighted by atomic mass is 19.1. The van der Waals surface area contributed by atoms with Gasteiger partial charge >= 0.3 is 0 Å². The first kappa shape index (κ1) is 32.6. The van der Waals surface area contributed by atoms with Crippen LogP contribution in [0.3, 0.4) is 0 Å². The Morgan fingerprint density at radius 2 is 1.84 bits per heavy atom. The Kier molecular flexibility index (Phi) is 8.81. The maximum Gasteiger partial charge on any atom is 0.284 e. The second-order valence-corrected chi connectivity index (χ2v) is 12.2. The number of hydrogen-bond donors (Lipinski definition) is 3. The summed E-state index contributed by atoms with van der Waals surface area (Å²) in [6.45, 7) is 4.40. The van der Waals surface area contributed by atoms with E-state index in [2.05, 4.69) is 15.6 Å². The Morgan fingerprint density at radius 1 is 1.04 bits per heavy atom. The number of aliphatic hydroxyl groups is 1. The molecule has 1 aliphatic rings. The van der Waals surface area contributed by atoms with Crippen molar-refractivity contribution in [1.29, 1.82) is 0 Å². The molecule has 0 aliphatic carbocycles. The van der Waals surface area contributed by atoms with Crippen molar-refractivity contribution in [2.24, 2.45) is 0 Å². The molecule has 256 valence electrons. The smallest absolute Gasteiger partial charge is 0.284 e. The number of amides is 1. The molecule has 1 amide bonds. The molecule has 1 atom stereocenters. The summed E-state index contributed by atoms with van der Waals surface area (Å²) in [4.78, 5) is 31.8. The largest absolute Gasteiger partial charge is 0.494 e. The SMILES string of the molecule is COc1ccc(C)cc1-n1nc(NC[C@H](C)O)c2c(Oc3ccc(NC(=O)c4c5n(n(-c6ccccc6)c4=O)CCCC5)cc3F)ccnc21. The number of fused-ring (bicyclic) bond motifs is 2. The summed E-state index contributed by atoms with van der Waals surface area (Å²) in [6, 6.07) is 20.5. The Balaban J connectivity index is 1.20. The summed E-state index contributed by atoms with van der Waals surface area (Å²) >= 11 is 0. The molecule has 3 N–H and O–H groups in total. The van der Waals surface area contributed by atoms with E-state index in [1.54, 1.807) is 24.8 Å². The molecular weight excluding hydrogens is 641 g/mol. The molecule has 6 aromatic rings. The van der Waals surface area contributed by atoms with Gasteiger partial charge in [-0.2, -0.15) is 0 Å². The summed E-state index contributed by atoms with van der Waals surface area (Å²) in [7, 11) is 1.57. The number of aryl methyl sites for hydroxylation is 1. The van der Waals surface area contributed by atoms with Gasteiger partial charge in [0, 0.05) is 37.1 Å². The minimum absolute atomic E-state index is 0.0490. The number of nitrogens with zero attached hydrogens (tertiary/aromatic N) is 5. The van der Waals surface area contributed by atoms with Crippen LogP contribution in [-0.4, -0.2) is 54.9 Å². The Bertz CT molecular complexity index is 2280. The molecule has 7 rings (SSSR count). The maximum absolute atomic E-state index is 15.7. The molecule has 0 radical (unpaired) electrons. The molecule has 3 aromatic carbocycles. The summed E-state index contributed by atoms with van der Waals surface area (Å²) in [5.41, 5.74) is 3.16. The van der Waals surface area contributed by atoms with Gasteiger partial charge < -0.3 is 25.2 Å². The van der Waals surface area contributed by atoms with E-state index in [-0.39, 0.29) is 29.3 Å². The number of carbonyl (C=O) groups excluding carboxylic acids is 1. The lowest BCUT2D eigenvalue weighted by Crippen LogP contribution is -2.25. The number of aliphatic hydroxyl groups excluding tert-OH is 1. The van der Waals surface area contributed by atoms with Crippen molar-refractivity contribution in [3.05, 3.63) is 112 Å². The van der Waals surface area contributed by atoms with Crippen molar-refractivity contribution in [3.8, 4) is 28.6 Å². The van der Waals surface area contributed by atoms with Gasteiger partial charge in [-0.05, 0) is 75.1 Å². The average Bonchev–Trinajstić information content (AvgIpc) is 3.64. The maximum atomic E-state index is 15.7. The molecule has 4 heterocycles. The third-order valence-corrected chi connectivity index (χ3v) is 8.58. The lowest BCUT2D eigenvalue weighted by molar-refractivity contribution is 0.102. The number of anilines is 2. The van der Waals surface area contributed by atoms with E-state index >= 15 is 4.39 Å². The van der Waals surface area contributed by atoms with Crippen LogP contribution in [0.15, 0.2) is 83.8 Å². The Labute approximate surface area is 286 Å². The normalized spacial score (nSPS) is 13.1. The van der Waals surface area contributed by atoms with Gasteiger partial charge in [0.1, 0.15) is 28.1 Å². The van der Waals surface area contributed by atoms with Crippen molar-refractivity contribution in [2.75, 3.05) is 24.3 Å². The Hall–Kier alpha value is -5.95.